The van der Waals surface area contributed by atoms with Crippen molar-refractivity contribution in [1.82, 2.24) is 0 Å². The largest absolute Gasteiger partial charge is 0.224 e. The van der Waals surface area contributed by atoms with Crippen LogP contribution in [0.25, 0.3) is 0 Å². The van der Waals surface area contributed by atoms with Crippen molar-refractivity contribution in [2.75, 3.05) is 6.26 Å². The van der Waals surface area contributed by atoms with Gasteiger partial charge in [-0.3, -0.25) is 0 Å². The summed E-state index contributed by atoms with van der Waals surface area (Å²) < 4.78 is 22.5. The van der Waals surface area contributed by atoms with E-state index in [0.29, 0.717) is 9.72 Å². The van der Waals surface area contributed by atoms with Crippen molar-refractivity contribution in [3.05, 3.63) is 29.8 Å². The minimum Gasteiger partial charge on any atom is -0.224 e. The number of alkyl halides is 1. The monoisotopic (exact) mass is 304 g/mol. The second-order valence-corrected chi connectivity index (χ2v) is 7.32. The lowest BCUT2D eigenvalue weighted by atomic mass is 10.1. The number of hydrogen-bond donors (Lipinski definition) is 0. The average molecular weight is 305 g/mol. The van der Waals surface area contributed by atoms with Crippen molar-refractivity contribution in [3.8, 4) is 0 Å². The molecule has 2 nitrogen and oxygen atoms in total. The fourth-order valence-corrected chi connectivity index (χ4v) is 3.01. The van der Waals surface area contributed by atoms with Crippen molar-refractivity contribution in [2.24, 2.45) is 0 Å². The Bertz CT molecular complexity index is 423. The highest BCUT2D eigenvalue weighted by Crippen LogP contribution is 2.17. The SMILES string of the molecule is CCCC(Br)Cc1ccc(S(C)(=O)=O)cc1. The summed E-state index contributed by atoms with van der Waals surface area (Å²) in [6.45, 7) is 2.15. The molecule has 0 amide bonds. The van der Waals surface area contributed by atoms with E-state index in [1.165, 1.54) is 11.8 Å². The van der Waals surface area contributed by atoms with Crippen molar-refractivity contribution in [1.29, 1.82) is 0 Å². The zero-order valence-corrected chi connectivity index (χ0v) is 12.0. The fraction of sp³-hybridized carbons (Fsp3) is 0.500. The van der Waals surface area contributed by atoms with Gasteiger partial charge in [-0.2, -0.15) is 0 Å². The maximum Gasteiger partial charge on any atom is 0.175 e. The number of benzene rings is 1. The van der Waals surface area contributed by atoms with Gasteiger partial charge in [-0.1, -0.05) is 41.4 Å². The van der Waals surface area contributed by atoms with Crippen LogP contribution in [0.4, 0.5) is 0 Å². The summed E-state index contributed by atoms with van der Waals surface area (Å²) in [6.07, 6.45) is 4.45. The van der Waals surface area contributed by atoms with E-state index in [4.69, 9.17) is 0 Å². The van der Waals surface area contributed by atoms with Crippen LogP contribution in [0, 0.1) is 0 Å². The summed E-state index contributed by atoms with van der Waals surface area (Å²) in [7, 11) is -3.07. The molecule has 1 rings (SSSR count). The molecule has 0 aromatic heterocycles. The molecule has 0 saturated carbocycles. The van der Waals surface area contributed by atoms with Gasteiger partial charge in [0, 0.05) is 11.1 Å². The lowest BCUT2D eigenvalue weighted by Crippen LogP contribution is -2.03. The molecule has 0 radical (unpaired) electrons. The summed E-state index contributed by atoms with van der Waals surface area (Å²) in [5, 5.41) is 0. The van der Waals surface area contributed by atoms with E-state index < -0.39 is 9.84 Å². The highest BCUT2D eigenvalue weighted by molar-refractivity contribution is 9.09. The van der Waals surface area contributed by atoms with Gasteiger partial charge in [-0.25, -0.2) is 8.42 Å². The minimum atomic E-state index is -3.07. The van der Waals surface area contributed by atoms with Gasteiger partial charge >= 0.3 is 0 Å². The quantitative estimate of drug-likeness (QED) is 0.783. The predicted molar refractivity (Wildman–Crippen MR) is 70.9 cm³/mol. The molecular formula is C12H17BrO2S. The molecule has 4 heteroatoms. The molecule has 1 atom stereocenters. The third-order valence-electron chi connectivity index (χ3n) is 2.41. The fourth-order valence-electron chi connectivity index (χ4n) is 1.54. The van der Waals surface area contributed by atoms with Gasteiger partial charge in [0.25, 0.3) is 0 Å². The van der Waals surface area contributed by atoms with Gasteiger partial charge in [0.1, 0.15) is 0 Å². The Morgan fingerprint density at radius 1 is 1.25 bits per heavy atom. The Balaban J connectivity index is 2.72. The van der Waals surface area contributed by atoms with Crippen LogP contribution in [-0.4, -0.2) is 19.5 Å². The van der Waals surface area contributed by atoms with E-state index in [0.717, 1.165) is 19.3 Å². The maximum atomic E-state index is 11.3. The van der Waals surface area contributed by atoms with E-state index in [9.17, 15) is 8.42 Å². The normalized spacial score (nSPS) is 13.7. The first kappa shape index (κ1) is 13.7. The van der Waals surface area contributed by atoms with Crippen LogP contribution in [0.3, 0.4) is 0 Å². The average Bonchev–Trinajstić information content (AvgIpc) is 2.17. The van der Waals surface area contributed by atoms with Crippen LogP contribution < -0.4 is 0 Å². The van der Waals surface area contributed by atoms with Crippen LogP contribution in [0.2, 0.25) is 0 Å². The first-order valence-corrected chi connectivity index (χ1v) is 8.17. The topological polar surface area (TPSA) is 34.1 Å². The number of hydrogen-bond acceptors (Lipinski definition) is 2. The second kappa shape index (κ2) is 5.82. The highest BCUT2D eigenvalue weighted by Gasteiger charge is 2.08. The molecule has 0 spiro atoms. The molecule has 16 heavy (non-hydrogen) atoms. The summed E-state index contributed by atoms with van der Waals surface area (Å²) in [4.78, 5) is 0.861. The smallest absolute Gasteiger partial charge is 0.175 e. The highest BCUT2D eigenvalue weighted by atomic mass is 79.9. The molecule has 90 valence electrons. The van der Waals surface area contributed by atoms with Crippen LogP contribution >= 0.6 is 15.9 Å². The van der Waals surface area contributed by atoms with Gasteiger partial charge in [-0.05, 0) is 30.5 Å². The van der Waals surface area contributed by atoms with Crippen LogP contribution in [0.1, 0.15) is 25.3 Å². The summed E-state index contributed by atoms with van der Waals surface area (Å²) in [5.74, 6) is 0. The molecule has 0 heterocycles. The Hall–Kier alpha value is -0.350. The molecule has 0 bridgehead atoms. The zero-order valence-electron chi connectivity index (χ0n) is 9.61. The summed E-state index contributed by atoms with van der Waals surface area (Å²) >= 11 is 3.61. The summed E-state index contributed by atoms with van der Waals surface area (Å²) in [6, 6.07) is 7.13. The Morgan fingerprint density at radius 2 is 1.81 bits per heavy atom. The molecule has 0 saturated heterocycles. The number of rotatable bonds is 5. The maximum absolute atomic E-state index is 11.3. The van der Waals surface area contributed by atoms with E-state index in [1.807, 2.05) is 12.1 Å². The molecule has 0 aliphatic heterocycles. The van der Waals surface area contributed by atoms with Gasteiger partial charge in [0.15, 0.2) is 9.84 Å². The lowest BCUT2D eigenvalue weighted by molar-refractivity contribution is 0.602. The number of halogens is 1. The Labute approximate surface area is 106 Å². The van der Waals surface area contributed by atoms with Gasteiger partial charge in [-0.15, -0.1) is 0 Å². The third kappa shape index (κ3) is 4.26. The molecule has 0 N–H and O–H groups in total. The van der Waals surface area contributed by atoms with Gasteiger partial charge in [0.2, 0.25) is 0 Å². The van der Waals surface area contributed by atoms with E-state index in [-0.39, 0.29) is 0 Å². The molecule has 1 aromatic carbocycles. The molecular weight excluding hydrogens is 288 g/mol. The van der Waals surface area contributed by atoms with Crippen LogP contribution in [0.5, 0.6) is 0 Å². The third-order valence-corrected chi connectivity index (χ3v) is 4.32. The van der Waals surface area contributed by atoms with Crippen LogP contribution in [-0.2, 0) is 16.3 Å². The van der Waals surface area contributed by atoms with Crippen molar-refractivity contribution in [2.45, 2.75) is 35.9 Å². The Kier molecular flexibility index (Phi) is 4.99. The van der Waals surface area contributed by atoms with E-state index in [2.05, 4.69) is 22.9 Å². The van der Waals surface area contributed by atoms with Crippen molar-refractivity contribution >= 4 is 25.8 Å². The molecule has 0 aliphatic rings. The van der Waals surface area contributed by atoms with Crippen molar-refractivity contribution < 1.29 is 8.42 Å². The first-order chi connectivity index (χ1) is 7.43. The lowest BCUT2D eigenvalue weighted by Gasteiger charge is -2.08. The van der Waals surface area contributed by atoms with E-state index in [1.54, 1.807) is 12.1 Å². The van der Waals surface area contributed by atoms with Crippen LogP contribution in [0.15, 0.2) is 29.2 Å². The van der Waals surface area contributed by atoms with Gasteiger partial charge < -0.3 is 0 Å². The van der Waals surface area contributed by atoms with Gasteiger partial charge in [0.05, 0.1) is 4.90 Å². The molecule has 1 aromatic rings. The van der Waals surface area contributed by atoms with E-state index >= 15 is 0 Å². The minimum absolute atomic E-state index is 0.387. The standard InChI is InChI=1S/C12H17BrO2S/c1-3-4-11(13)9-10-5-7-12(8-6-10)16(2,14)15/h5-8,11H,3-4,9H2,1-2H3. The second-order valence-electron chi connectivity index (χ2n) is 4.01. The van der Waals surface area contributed by atoms with Crippen molar-refractivity contribution in [3.63, 3.8) is 0 Å². The number of sulfone groups is 1. The predicted octanol–water partition coefficient (Wildman–Crippen LogP) is 3.20. The summed E-state index contributed by atoms with van der Waals surface area (Å²) in [5.41, 5.74) is 1.17. The zero-order chi connectivity index (χ0) is 12.2. The molecule has 0 aliphatic carbocycles. The first-order valence-electron chi connectivity index (χ1n) is 5.36. The Morgan fingerprint density at radius 3 is 2.25 bits per heavy atom. The molecule has 1 unspecified atom stereocenters. The molecule has 0 fully saturated rings.